The molecule has 0 unspecified atom stereocenters. The zero-order valence-electron chi connectivity index (χ0n) is 15.3. The van der Waals surface area contributed by atoms with Crippen LogP contribution < -0.4 is 10.9 Å². The van der Waals surface area contributed by atoms with E-state index >= 15 is 0 Å². The number of aromatic nitrogens is 2. The first-order valence-electron chi connectivity index (χ1n) is 9.03. The number of nitrogens with one attached hydrogen (secondary N) is 1. The third-order valence-corrected chi connectivity index (χ3v) is 5.26. The molecule has 1 N–H and O–H groups in total. The van der Waals surface area contributed by atoms with Gasteiger partial charge >= 0.3 is 0 Å². The lowest BCUT2D eigenvalue weighted by Crippen LogP contribution is -2.24. The molecule has 5 heteroatoms. The molecule has 0 atom stereocenters. The summed E-state index contributed by atoms with van der Waals surface area (Å²) in [5.74, 6) is 0. The molecule has 0 bridgehead atoms. The Bertz CT molecular complexity index is 1210. The summed E-state index contributed by atoms with van der Waals surface area (Å²) in [7, 11) is 1.85. The maximum atomic E-state index is 13.3. The van der Waals surface area contributed by atoms with E-state index in [0.29, 0.717) is 12.2 Å². The monoisotopic (exact) mass is 421 g/mol. The minimum absolute atomic E-state index is 0.0609. The smallest absolute Gasteiger partial charge is 0.277 e. The molecule has 0 aliphatic carbocycles. The van der Waals surface area contributed by atoms with Gasteiger partial charge < -0.3 is 9.88 Å². The summed E-state index contributed by atoms with van der Waals surface area (Å²) >= 11 is 3.51. The van der Waals surface area contributed by atoms with Gasteiger partial charge in [0.2, 0.25) is 0 Å². The van der Waals surface area contributed by atoms with Crippen LogP contribution in [0, 0.1) is 0 Å². The lowest BCUT2D eigenvalue weighted by atomic mass is 10.1. The van der Waals surface area contributed by atoms with Crippen LogP contribution in [-0.2, 0) is 6.54 Å². The van der Waals surface area contributed by atoms with Gasteiger partial charge in [0, 0.05) is 29.3 Å². The van der Waals surface area contributed by atoms with Gasteiger partial charge in [0.15, 0.2) is 0 Å². The molecule has 1 heterocycles. The van der Waals surface area contributed by atoms with E-state index in [0.717, 1.165) is 44.0 Å². The van der Waals surface area contributed by atoms with Crippen molar-refractivity contribution in [2.45, 2.75) is 19.9 Å². The molecule has 0 radical (unpaired) electrons. The summed E-state index contributed by atoms with van der Waals surface area (Å²) in [5.41, 5.74) is 3.80. The van der Waals surface area contributed by atoms with Gasteiger partial charge in [-0.2, -0.15) is 0 Å². The Morgan fingerprint density at radius 1 is 1.07 bits per heavy atom. The first-order valence-corrected chi connectivity index (χ1v) is 9.82. The SMILES string of the molecule is CCCn1c(=O)c(-c2cc(Br)ccc2NC)nc2cc3ccccc3cc21. The number of hydrogen-bond acceptors (Lipinski definition) is 3. The average Bonchev–Trinajstić information content (AvgIpc) is 2.68. The first-order chi connectivity index (χ1) is 13.1. The Morgan fingerprint density at radius 2 is 1.81 bits per heavy atom. The fraction of sp³-hybridized carbons (Fsp3) is 0.182. The predicted molar refractivity (Wildman–Crippen MR) is 116 cm³/mol. The molecule has 0 spiro atoms. The highest BCUT2D eigenvalue weighted by molar-refractivity contribution is 9.10. The predicted octanol–water partition coefficient (Wildman–Crippen LogP) is 5.43. The minimum atomic E-state index is -0.0609. The standard InChI is InChI=1S/C22H20BrN3O/c1-3-10-26-20-12-15-7-5-4-6-14(15)11-19(20)25-21(22(26)27)17-13-16(23)8-9-18(17)24-2/h4-9,11-13,24H,3,10H2,1-2H3. The summed E-state index contributed by atoms with van der Waals surface area (Å²) in [4.78, 5) is 18.1. The molecule has 0 saturated heterocycles. The van der Waals surface area contributed by atoms with Gasteiger partial charge in [0.05, 0.1) is 11.0 Å². The van der Waals surface area contributed by atoms with Crippen molar-refractivity contribution in [3.8, 4) is 11.3 Å². The molecule has 4 rings (SSSR count). The molecule has 4 nitrogen and oxygen atoms in total. The Hall–Kier alpha value is -2.66. The van der Waals surface area contributed by atoms with Crippen LogP contribution in [0.2, 0.25) is 0 Å². The number of anilines is 1. The zero-order chi connectivity index (χ0) is 19.0. The number of rotatable bonds is 4. The van der Waals surface area contributed by atoms with Crippen molar-refractivity contribution in [2.75, 3.05) is 12.4 Å². The number of benzene rings is 3. The largest absolute Gasteiger partial charge is 0.388 e. The van der Waals surface area contributed by atoms with Gasteiger partial charge in [-0.3, -0.25) is 4.79 Å². The van der Waals surface area contributed by atoms with Crippen LogP contribution in [0.25, 0.3) is 33.1 Å². The Balaban J connectivity index is 2.10. The summed E-state index contributed by atoms with van der Waals surface area (Å²) in [6, 6.07) is 18.2. The van der Waals surface area contributed by atoms with Crippen molar-refractivity contribution in [1.82, 2.24) is 9.55 Å². The Morgan fingerprint density at radius 3 is 2.52 bits per heavy atom. The van der Waals surface area contributed by atoms with Gasteiger partial charge in [-0.1, -0.05) is 47.1 Å². The Labute approximate surface area is 166 Å². The number of nitrogens with zero attached hydrogens (tertiary/aromatic N) is 2. The Kier molecular flexibility index (Phi) is 4.70. The van der Waals surface area contributed by atoms with Crippen LogP contribution in [-0.4, -0.2) is 16.6 Å². The van der Waals surface area contributed by atoms with E-state index in [1.165, 1.54) is 0 Å². The van der Waals surface area contributed by atoms with E-state index in [1.807, 2.05) is 41.9 Å². The number of halogens is 1. The lowest BCUT2D eigenvalue weighted by Gasteiger charge is -2.15. The summed E-state index contributed by atoms with van der Waals surface area (Å²) in [5, 5.41) is 5.40. The third kappa shape index (κ3) is 3.12. The molecule has 0 fully saturated rings. The van der Waals surface area contributed by atoms with Crippen molar-refractivity contribution in [1.29, 1.82) is 0 Å². The van der Waals surface area contributed by atoms with Crippen molar-refractivity contribution >= 4 is 43.4 Å². The van der Waals surface area contributed by atoms with Crippen molar-refractivity contribution in [3.63, 3.8) is 0 Å². The molecule has 4 aromatic rings. The van der Waals surface area contributed by atoms with E-state index in [1.54, 1.807) is 0 Å². The lowest BCUT2D eigenvalue weighted by molar-refractivity contribution is 0.676. The highest BCUT2D eigenvalue weighted by Crippen LogP contribution is 2.30. The molecule has 1 aromatic heterocycles. The normalized spacial score (nSPS) is 11.2. The van der Waals surface area contributed by atoms with Gasteiger partial charge in [-0.05, 0) is 47.5 Å². The van der Waals surface area contributed by atoms with Crippen molar-refractivity contribution in [2.24, 2.45) is 0 Å². The van der Waals surface area contributed by atoms with Crippen LogP contribution in [0.4, 0.5) is 5.69 Å². The molecule has 0 aliphatic heterocycles. The number of fused-ring (bicyclic) bond motifs is 2. The molecule has 0 amide bonds. The minimum Gasteiger partial charge on any atom is -0.388 e. The molecular weight excluding hydrogens is 402 g/mol. The molecule has 3 aromatic carbocycles. The summed E-state index contributed by atoms with van der Waals surface area (Å²) in [6.45, 7) is 2.74. The van der Waals surface area contributed by atoms with Gasteiger partial charge in [0.25, 0.3) is 5.56 Å². The number of hydrogen-bond donors (Lipinski definition) is 1. The third-order valence-electron chi connectivity index (χ3n) is 4.77. The van der Waals surface area contributed by atoms with Crippen LogP contribution in [0.1, 0.15) is 13.3 Å². The van der Waals surface area contributed by atoms with Crippen LogP contribution in [0.3, 0.4) is 0 Å². The van der Waals surface area contributed by atoms with Crippen LogP contribution >= 0.6 is 15.9 Å². The van der Waals surface area contributed by atoms with Crippen molar-refractivity contribution < 1.29 is 0 Å². The molecule has 136 valence electrons. The van der Waals surface area contributed by atoms with Gasteiger partial charge in [-0.25, -0.2) is 4.98 Å². The quantitative estimate of drug-likeness (QED) is 0.446. The topological polar surface area (TPSA) is 46.9 Å². The van der Waals surface area contributed by atoms with Crippen LogP contribution in [0.5, 0.6) is 0 Å². The highest BCUT2D eigenvalue weighted by atomic mass is 79.9. The second-order valence-corrected chi connectivity index (χ2v) is 7.46. The molecule has 0 saturated carbocycles. The number of aryl methyl sites for hydroxylation is 1. The fourth-order valence-corrected chi connectivity index (χ4v) is 3.84. The van der Waals surface area contributed by atoms with Gasteiger partial charge in [-0.15, -0.1) is 0 Å². The van der Waals surface area contributed by atoms with Crippen LogP contribution in [0.15, 0.2) is 63.9 Å². The zero-order valence-corrected chi connectivity index (χ0v) is 16.9. The van der Waals surface area contributed by atoms with E-state index in [9.17, 15) is 4.79 Å². The maximum absolute atomic E-state index is 13.3. The first kappa shape index (κ1) is 17.7. The average molecular weight is 422 g/mol. The van der Waals surface area contributed by atoms with E-state index < -0.39 is 0 Å². The fourth-order valence-electron chi connectivity index (χ4n) is 3.48. The maximum Gasteiger partial charge on any atom is 0.277 e. The second kappa shape index (κ2) is 7.16. The molecule has 27 heavy (non-hydrogen) atoms. The molecule has 0 aliphatic rings. The van der Waals surface area contributed by atoms with E-state index in [-0.39, 0.29) is 5.56 Å². The molecular formula is C22H20BrN3O. The highest BCUT2D eigenvalue weighted by Gasteiger charge is 2.16. The summed E-state index contributed by atoms with van der Waals surface area (Å²) < 4.78 is 2.77. The van der Waals surface area contributed by atoms with E-state index in [2.05, 4.69) is 52.4 Å². The van der Waals surface area contributed by atoms with Crippen molar-refractivity contribution in [3.05, 3.63) is 69.4 Å². The second-order valence-electron chi connectivity index (χ2n) is 6.55. The van der Waals surface area contributed by atoms with Gasteiger partial charge in [0.1, 0.15) is 5.69 Å². The van der Waals surface area contributed by atoms with E-state index in [4.69, 9.17) is 4.98 Å². The summed E-state index contributed by atoms with van der Waals surface area (Å²) in [6.07, 6.45) is 0.878.